The molecule has 1 aromatic rings. The number of anilines is 1. The first kappa shape index (κ1) is 13.1. The number of hydrogen-bond acceptors (Lipinski definition) is 4. The van der Waals surface area contributed by atoms with E-state index in [4.69, 9.17) is 11.6 Å². The smallest absolute Gasteiger partial charge is 0.151 e. The Morgan fingerprint density at radius 2 is 2.00 bits per heavy atom. The molecule has 3 atom stereocenters. The Kier molecular flexibility index (Phi) is 3.89. The SMILES string of the molecule is CN1C[C@H]2CC(CCNc3ccc(Cl)nn3)C[C@H]2C1. The number of rotatable bonds is 4. The van der Waals surface area contributed by atoms with Crippen LogP contribution < -0.4 is 5.32 Å². The Morgan fingerprint density at radius 1 is 1.26 bits per heavy atom. The van der Waals surface area contributed by atoms with E-state index in [-0.39, 0.29) is 0 Å². The highest BCUT2D eigenvalue weighted by Crippen LogP contribution is 2.42. The number of hydrogen-bond donors (Lipinski definition) is 1. The minimum Gasteiger partial charge on any atom is -0.369 e. The van der Waals surface area contributed by atoms with Crippen LogP contribution in [0.25, 0.3) is 0 Å². The molecule has 19 heavy (non-hydrogen) atoms. The molecule has 4 nitrogen and oxygen atoms in total. The number of aromatic nitrogens is 2. The highest BCUT2D eigenvalue weighted by atomic mass is 35.5. The van der Waals surface area contributed by atoms with Crippen molar-refractivity contribution in [2.45, 2.75) is 19.3 Å². The van der Waals surface area contributed by atoms with Crippen molar-refractivity contribution >= 4 is 17.4 Å². The molecule has 2 heterocycles. The number of nitrogens with one attached hydrogen (secondary N) is 1. The molecule has 1 aliphatic carbocycles. The number of halogens is 1. The lowest BCUT2D eigenvalue weighted by molar-refractivity contribution is 0.349. The summed E-state index contributed by atoms with van der Waals surface area (Å²) < 4.78 is 0. The predicted octanol–water partition coefficient (Wildman–Crippen LogP) is 2.52. The molecule has 0 radical (unpaired) electrons. The summed E-state index contributed by atoms with van der Waals surface area (Å²) in [6.07, 6.45) is 4.05. The van der Waals surface area contributed by atoms with E-state index in [9.17, 15) is 0 Å². The van der Waals surface area contributed by atoms with Crippen molar-refractivity contribution in [3.63, 3.8) is 0 Å². The van der Waals surface area contributed by atoms with Gasteiger partial charge in [-0.1, -0.05) is 11.6 Å². The van der Waals surface area contributed by atoms with Crippen molar-refractivity contribution in [1.82, 2.24) is 15.1 Å². The minimum atomic E-state index is 0.443. The molecule has 1 aromatic heterocycles. The third kappa shape index (κ3) is 3.18. The van der Waals surface area contributed by atoms with Crippen molar-refractivity contribution in [3.8, 4) is 0 Å². The Hall–Kier alpha value is -0.870. The summed E-state index contributed by atoms with van der Waals surface area (Å²) >= 11 is 5.71. The average Bonchev–Trinajstić information content (AvgIpc) is 2.88. The lowest BCUT2D eigenvalue weighted by Crippen LogP contribution is -2.17. The molecule has 1 saturated heterocycles. The lowest BCUT2D eigenvalue weighted by Gasteiger charge is -2.14. The van der Waals surface area contributed by atoms with Crippen LogP contribution in [-0.2, 0) is 0 Å². The first-order valence-electron chi connectivity index (χ1n) is 7.12. The van der Waals surface area contributed by atoms with E-state index >= 15 is 0 Å². The highest BCUT2D eigenvalue weighted by molar-refractivity contribution is 6.29. The summed E-state index contributed by atoms with van der Waals surface area (Å²) in [6, 6.07) is 3.65. The monoisotopic (exact) mass is 280 g/mol. The Morgan fingerprint density at radius 3 is 2.63 bits per heavy atom. The molecule has 1 saturated carbocycles. The fourth-order valence-electron chi connectivity index (χ4n) is 3.71. The molecule has 2 aliphatic rings. The molecule has 2 fully saturated rings. The van der Waals surface area contributed by atoms with Gasteiger partial charge in [0.1, 0.15) is 5.82 Å². The van der Waals surface area contributed by atoms with Crippen LogP contribution in [-0.4, -0.2) is 41.8 Å². The van der Waals surface area contributed by atoms with Gasteiger partial charge in [-0.2, -0.15) is 0 Å². The van der Waals surface area contributed by atoms with Gasteiger partial charge in [-0.15, -0.1) is 10.2 Å². The van der Waals surface area contributed by atoms with Gasteiger partial charge in [-0.05, 0) is 56.2 Å². The third-order valence-corrected chi connectivity index (χ3v) is 4.72. The highest BCUT2D eigenvalue weighted by Gasteiger charge is 2.39. The fourth-order valence-corrected chi connectivity index (χ4v) is 3.81. The van der Waals surface area contributed by atoms with Gasteiger partial charge in [0, 0.05) is 19.6 Å². The molecule has 0 bridgehead atoms. The van der Waals surface area contributed by atoms with Crippen molar-refractivity contribution in [2.75, 3.05) is 32.0 Å². The van der Waals surface area contributed by atoms with Crippen molar-refractivity contribution < 1.29 is 0 Å². The van der Waals surface area contributed by atoms with Crippen LogP contribution in [0, 0.1) is 17.8 Å². The quantitative estimate of drug-likeness (QED) is 0.920. The normalized spacial score (nSPS) is 30.5. The number of fused-ring (bicyclic) bond motifs is 1. The molecular formula is C14H21ClN4. The van der Waals surface area contributed by atoms with Gasteiger partial charge in [0.2, 0.25) is 0 Å². The van der Waals surface area contributed by atoms with E-state index in [1.54, 1.807) is 6.07 Å². The molecule has 1 N–H and O–H groups in total. The maximum absolute atomic E-state index is 5.71. The summed E-state index contributed by atoms with van der Waals surface area (Å²) in [5.74, 6) is 3.61. The molecule has 3 rings (SSSR count). The molecule has 5 heteroatoms. The van der Waals surface area contributed by atoms with Gasteiger partial charge in [-0.25, -0.2) is 0 Å². The molecule has 1 unspecified atom stereocenters. The van der Waals surface area contributed by atoms with Gasteiger partial charge in [0.15, 0.2) is 5.15 Å². The van der Waals surface area contributed by atoms with Crippen LogP contribution in [0.2, 0.25) is 5.15 Å². The maximum Gasteiger partial charge on any atom is 0.151 e. The second-order valence-corrected chi connectivity index (χ2v) is 6.42. The van der Waals surface area contributed by atoms with Crippen LogP contribution in [0.1, 0.15) is 19.3 Å². The van der Waals surface area contributed by atoms with Gasteiger partial charge < -0.3 is 10.2 Å². The minimum absolute atomic E-state index is 0.443. The van der Waals surface area contributed by atoms with E-state index in [1.165, 1.54) is 32.4 Å². The summed E-state index contributed by atoms with van der Waals surface area (Å²) in [6.45, 7) is 3.59. The van der Waals surface area contributed by atoms with Crippen LogP contribution in [0.15, 0.2) is 12.1 Å². The lowest BCUT2D eigenvalue weighted by atomic mass is 10.0. The topological polar surface area (TPSA) is 41.0 Å². The van der Waals surface area contributed by atoms with Gasteiger partial charge in [0.25, 0.3) is 0 Å². The fraction of sp³-hybridized carbons (Fsp3) is 0.714. The van der Waals surface area contributed by atoms with Crippen LogP contribution >= 0.6 is 11.6 Å². The second-order valence-electron chi connectivity index (χ2n) is 6.04. The summed E-state index contributed by atoms with van der Waals surface area (Å²) in [7, 11) is 2.24. The molecule has 0 spiro atoms. The van der Waals surface area contributed by atoms with E-state index < -0.39 is 0 Å². The van der Waals surface area contributed by atoms with Gasteiger partial charge >= 0.3 is 0 Å². The summed E-state index contributed by atoms with van der Waals surface area (Å²) in [4.78, 5) is 2.48. The van der Waals surface area contributed by atoms with E-state index in [0.29, 0.717) is 5.15 Å². The molecule has 0 aromatic carbocycles. The third-order valence-electron chi connectivity index (χ3n) is 4.52. The second kappa shape index (κ2) is 5.63. The van der Waals surface area contributed by atoms with E-state index in [2.05, 4.69) is 27.5 Å². The van der Waals surface area contributed by atoms with Crippen molar-refractivity contribution in [1.29, 1.82) is 0 Å². The number of nitrogens with zero attached hydrogens (tertiary/aromatic N) is 3. The first-order valence-corrected chi connectivity index (χ1v) is 7.50. The first-order chi connectivity index (χ1) is 9.20. The largest absolute Gasteiger partial charge is 0.369 e. The van der Waals surface area contributed by atoms with Crippen LogP contribution in [0.5, 0.6) is 0 Å². The Bertz CT molecular complexity index is 408. The van der Waals surface area contributed by atoms with Crippen LogP contribution in [0.4, 0.5) is 5.82 Å². The summed E-state index contributed by atoms with van der Waals surface area (Å²) in [5, 5.41) is 11.6. The van der Waals surface area contributed by atoms with E-state index in [1.807, 2.05) is 6.07 Å². The van der Waals surface area contributed by atoms with Crippen molar-refractivity contribution in [3.05, 3.63) is 17.3 Å². The molecule has 104 valence electrons. The predicted molar refractivity (Wildman–Crippen MR) is 77.3 cm³/mol. The maximum atomic E-state index is 5.71. The zero-order valence-corrected chi connectivity index (χ0v) is 12.1. The number of likely N-dealkylation sites (tertiary alicyclic amines) is 1. The Balaban J connectivity index is 1.41. The van der Waals surface area contributed by atoms with Gasteiger partial charge in [0.05, 0.1) is 0 Å². The Labute approximate surface area is 119 Å². The summed E-state index contributed by atoms with van der Waals surface area (Å²) in [5.41, 5.74) is 0. The molecule has 0 amide bonds. The molecule has 1 aliphatic heterocycles. The van der Waals surface area contributed by atoms with Crippen molar-refractivity contribution in [2.24, 2.45) is 17.8 Å². The average molecular weight is 281 g/mol. The standard InChI is InChI=1S/C14H21ClN4/c1-19-8-11-6-10(7-12(11)9-19)4-5-16-14-3-2-13(15)17-18-14/h2-3,10-12H,4-9H2,1H3,(H,16,18)/t10?,11-,12+. The van der Waals surface area contributed by atoms with Crippen LogP contribution in [0.3, 0.4) is 0 Å². The van der Waals surface area contributed by atoms with Gasteiger partial charge in [-0.3, -0.25) is 0 Å². The van der Waals surface area contributed by atoms with E-state index in [0.717, 1.165) is 30.1 Å². The molecular weight excluding hydrogens is 260 g/mol. The zero-order valence-electron chi connectivity index (χ0n) is 11.3. The zero-order chi connectivity index (χ0) is 13.2.